The number of aliphatic carboxylic acids is 1. The number of amides is 1. The molecule has 0 bridgehead atoms. The van der Waals surface area contributed by atoms with E-state index in [-0.39, 0.29) is 5.91 Å². The van der Waals surface area contributed by atoms with E-state index >= 15 is 0 Å². The van der Waals surface area contributed by atoms with Crippen molar-refractivity contribution >= 4 is 23.5 Å². The highest BCUT2D eigenvalue weighted by molar-refractivity contribution is 6.30. The number of hydrogen-bond acceptors (Lipinski definition) is 2. The standard InChI is InChI=1S/C20H20ClNO3/c21-17-8-6-15(7-9-17)14-18(23)22-12-10-20(11-13-22,19(24)25)16-4-2-1-3-5-16/h1-9H,10-14H2,(H,24,25). The maximum atomic E-state index is 12.5. The lowest BCUT2D eigenvalue weighted by atomic mass is 9.73. The molecule has 25 heavy (non-hydrogen) atoms. The molecule has 0 saturated carbocycles. The van der Waals surface area contributed by atoms with E-state index < -0.39 is 11.4 Å². The molecule has 1 N–H and O–H groups in total. The average Bonchev–Trinajstić information content (AvgIpc) is 2.64. The van der Waals surface area contributed by atoms with Crippen LogP contribution >= 0.6 is 11.6 Å². The number of hydrogen-bond donors (Lipinski definition) is 1. The first-order valence-electron chi connectivity index (χ1n) is 8.32. The Kier molecular flexibility index (Phi) is 5.09. The number of halogens is 1. The zero-order valence-corrected chi connectivity index (χ0v) is 14.6. The van der Waals surface area contributed by atoms with Crippen molar-refractivity contribution in [2.75, 3.05) is 13.1 Å². The van der Waals surface area contributed by atoms with Crippen LogP contribution in [0.2, 0.25) is 5.02 Å². The fourth-order valence-corrected chi connectivity index (χ4v) is 3.54. The monoisotopic (exact) mass is 357 g/mol. The Morgan fingerprint density at radius 2 is 1.60 bits per heavy atom. The van der Waals surface area contributed by atoms with Crippen LogP contribution in [0, 0.1) is 0 Å². The van der Waals surface area contributed by atoms with Gasteiger partial charge in [0.1, 0.15) is 0 Å². The second-order valence-corrected chi connectivity index (χ2v) is 6.87. The van der Waals surface area contributed by atoms with Crippen LogP contribution in [0.15, 0.2) is 54.6 Å². The van der Waals surface area contributed by atoms with Crippen molar-refractivity contribution in [3.8, 4) is 0 Å². The number of piperidine rings is 1. The molecule has 0 aliphatic carbocycles. The smallest absolute Gasteiger partial charge is 0.314 e. The molecular formula is C20H20ClNO3. The van der Waals surface area contributed by atoms with Crippen molar-refractivity contribution in [2.45, 2.75) is 24.7 Å². The molecule has 5 heteroatoms. The first kappa shape index (κ1) is 17.5. The molecule has 1 aliphatic rings. The maximum Gasteiger partial charge on any atom is 0.314 e. The van der Waals surface area contributed by atoms with E-state index in [1.165, 1.54) is 0 Å². The normalized spacial score (nSPS) is 16.4. The van der Waals surface area contributed by atoms with Gasteiger partial charge in [-0.05, 0) is 36.1 Å². The molecule has 2 aromatic carbocycles. The van der Waals surface area contributed by atoms with Crippen LogP contribution < -0.4 is 0 Å². The van der Waals surface area contributed by atoms with Crippen molar-refractivity contribution < 1.29 is 14.7 Å². The van der Waals surface area contributed by atoms with Crippen molar-refractivity contribution in [3.63, 3.8) is 0 Å². The SMILES string of the molecule is O=C(Cc1ccc(Cl)cc1)N1CCC(C(=O)O)(c2ccccc2)CC1. The number of rotatable bonds is 4. The molecular weight excluding hydrogens is 338 g/mol. The summed E-state index contributed by atoms with van der Waals surface area (Å²) in [6.45, 7) is 0.904. The number of carboxylic acid groups (broad SMARTS) is 1. The number of likely N-dealkylation sites (tertiary alicyclic amines) is 1. The molecule has 0 aromatic heterocycles. The molecule has 3 rings (SSSR count). The molecule has 1 heterocycles. The van der Waals surface area contributed by atoms with Gasteiger partial charge in [0.15, 0.2) is 0 Å². The van der Waals surface area contributed by atoms with Gasteiger partial charge in [-0.3, -0.25) is 9.59 Å². The van der Waals surface area contributed by atoms with Gasteiger partial charge >= 0.3 is 5.97 Å². The van der Waals surface area contributed by atoms with Crippen LogP contribution in [0.3, 0.4) is 0 Å². The summed E-state index contributed by atoms with van der Waals surface area (Å²) in [4.78, 5) is 26.2. The Bertz CT molecular complexity index is 750. The quantitative estimate of drug-likeness (QED) is 0.910. The zero-order chi connectivity index (χ0) is 17.9. The van der Waals surface area contributed by atoms with Gasteiger partial charge in [0.2, 0.25) is 5.91 Å². The summed E-state index contributed by atoms with van der Waals surface area (Å²) in [6, 6.07) is 16.5. The van der Waals surface area contributed by atoms with Crippen molar-refractivity contribution in [3.05, 3.63) is 70.7 Å². The van der Waals surface area contributed by atoms with Gasteiger partial charge in [-0.15, -0.1) is 0 Å². The lowest BCUT2D eigenvalue weighted by molar-refractivity contribution is -0.148. The van der Waals surface area contributed by atoms with Crippen LogP contribution in [0.5, 0.6) is 0 Å². The Hall–Kier alpha value is -2.33. The van der Waals surface area contributed by atoms with Crippen LogP contribution in [-0.2, 0) is 21.4 Å². The number of benzene rings is 2. The largest absolute Gasteiger partial charge is 0.481 e. The third kappa shape index (κ3) is 3.69. The van der Waals surface area contributed by atoms with Gasteiger partial charge in [-0.1, -0.05) is 54.1 Å². The van der Waals surface area contributed by atoms with E-state index in [0.29, 0.717) is 37.4 Å². The number of carboxylic acids is 1. The van der Waals surface area contributed by atoms with E-state index in [1.807, 2.05) is 42.5 Å². The number of nitrogens with zero attached hydrogens (tertiary/aromatic N) is 1. The fraction of sp³-hybridized carbons (Fsp3) is 0.300. The van der Waals surface area contributed by atoms with Gasteiger partial charge in [0, 0.05) is 18.1 Å². The van der Waals surface area contributed by atoms with Crippen molar-refractivity contribution in [1.29, 1.82) is 0 Å². The van der Waals surface area contributed by atoms with Gasteiger partial charge in [-0.25, -0.2) is 0 Å². The van der Waals surface area contributed by atoms with Gasteiger partial charge in [0.25, 0.3) is 0 Å². The fourth-order valence-electron chi connectivity index (χ4n) is 3.41. The Labute approximate surface area is 152 Å². The highest BCUT2D eigenvalue weighted by atomic mass is 35.5. The zero-order valence-electron chi connectivity index (χ0n) is 13.8. The van der Waals surface area contributed by atoms with Crippen LogP contribution in [0.4, 0.5) is 0 Å². The Morgan fingerprint density at radius 3 is 2.16 bits per heavy atom. The van der Waals surface area contributed by atoms with Crippen LogP contribution in [-0.4, -0.2) is 35.0 Å². The molecule has 1 saturated heterocycles. The lowest BCUT2D eigenvalue weighted by Crippen LogP contribution is -2.49. The molecule has 1 amide bonds. The summed E-state index contributed by atoms with van der Waals surface area (Å²) >= 11 is 5.87. The van der Waals surface area contributed by atoms with Crippen LogP contribution in [0.25, 0.3) is 0 Å². The second kappa shape index (κ2) is 7.28. The first-order chi connectivity index (χ1) is 12.0. The minimum Gasteiger partial charge on any atom is -0.481 e. The summed E-state index contributed by atoms with van der Waals surface area (Å²) in [5, 5.41) is 10.5. The number of carbonyl (C=O) groups is 2. The molecule has 0 radical (unpaired) electrons. The molecule has 1 fully saturated rings. The third-order valence-corrected chi connectivity index (χ3v) is 5.23. The average molecular weight is 358 g/mol. The molecule has 4 nitrogen and oxygen atoms in total. The molecule has 2 aromatic rings. The summed E-state index contributed by atoms with van der Waals surface area (Å²) < 4.78 is 0. The third-order valence-electron chi connectivity index (χ3n) is 4.97. The van der Waals surface area contributed by atoms with Gasteiger partial charge in [0.05, 0.1) is 11.8 Å². The highest BCUT2D eigenvalue weighted by Crippen LogP contribution is 2.36. The van der Waals surface area contributed by atoms with Gasteiger partial charge in [-0.2, -0.15) is 0 Å². The summed E-state index contributed by atoms with van der Waals surface area (Å²) in [5.74, 6) is -0.794. The highest BCUT2D eigenvalue weighted by Gasteiger charge is 2.43. The number of carbonyl (C=O) groups excluding carboxylic acids is 1. The Balaban J connectivity index is 1.68. The predicted octanol–water partition coefficient (Wildman–Crippen LogP) is 3.53. The predicted molar refractivity (Wildman–Crippen MR) is 96.7 cm³/mol. The Morgan fingerprint density at radius 1 is 1.00 bits per heavy atom. The molecule has 0 unspecified atom stereocenters. The van der Waals surface area contributed by atoms with E-state index in [1.54, 1.807) is 17.0 Å². The van der Waals surface area contributed by atoms with E-state index in [0.717, 1.165) is 11.1 Å². The lowest BCUT2D eigenvalue weighted by Gasteiger charge is -2.39. The molecule has 0 atom stereocenters. The van der Waals surface area contributed by atoms with E-state index in [2.05, 4.69) is 0 Å². The van der Waals surface area contributed by atoms with Crippen LogP contribution in [0.1, 0.15) is 24.0 Å². The van der Waals surface area contributed by atoms with Crippen molar-refractivity contribution in [1.82, 2.24) is 4.90 Å². The summed E-state index contributed by atoms with van der Waals surface area (Å²) in [7, 11) is 0. The summed E-state index contributed by atoms with van der Waals surface area (Å²) in [6.07, 6.45) is 1.17. The van der Waals surface area contributed by atoms with E-state index in [4.69, 9.17) is 11.6 Å². The first-order valence-corrected chi connectivity index (χ1v) is 8.70. The maximum absolute atomic E-state index is 12.5. The van der Waals surface area contributed by atoms with E-state index in [9.17, 15) is 14.7 Å². The minimum absolute atomic E-state index is 0.0226. The second-order valence-electron chi connectivity index (χ2n) is 6.44. The topological polar surface area (TPSA) is 57.6 Å². The molecule has 0 spiro atoms. The summed E-state index contributed by atoms with van der Waals surface area (Å²) in [5.41, 5.74) is 0.818. The van der Waals surface area contributed by atoms with Crippen molar-refractivity contribution in [2.24, 2.45) is 0 Å². The molecule has 130 valence electrons. The minimum atomic E-state index is -0.904. The molecule has 1 aliphatic heterocycles. The van der Waals surface area contributed by atoms with Gasteiger partial charge < -0.3 is 10.0 Å².